The average Bonchev–Trinajstić information content (AvgIpc) is 3.28. The van der Waals surface area contributed by atoms with Crippen molar-refractivity contribution in [2.45, 2.75) is 31.1 Å². The molecule has 4 atom stereocenters. The second-order valence-corrected chi connectivity index (χ2v) is 6.51. The fourth-order valence-electron chi connectivity index (χ4n) is 3.29. The van der Waals surface area contributed by atoms with E-state index >= 15 is 0 Å². The normalized spacial score (nSPS) is 24.1. The van der Waals surface area contributed by atoms with Crippen LogP contribution < -0.4 is 5.32 Å². The van der Waals surface area contributed by atoms with Gasteiger partial charge in [0.05, 0.1) is 17.9 Å². The Hall–Kier alpha value is -3.19. The molecule has 3 heterocycles. The average molecular weight is 402 g/mol. The number of aromatic nitrogens is 4. The van der Waals surface area contributed by atoms with Crippen LogP contribution in [-0.2, 0) is 11.3 Å². The van der Waals surface area contributed by atoms with Crippen LogP contribution in [0.15, 0.2) is 36.9 Å². The third-order valence-corrected chi connectivity index (χ3v) is 4.78. The minimum Gasteiger partial charge on any atom is -0.394 e. The molecule has 0 amide bonds. The first-order valence-corrected chi connectivity index (χ1v) is 8.77. The molecule has 0 aliphatic carbocycles. The zero-order valence-corrected chi connectivity index (χ0v) is 15.0. The first-order valence-electron chi connectivity index (χ1n) is 8.77. The molecule has 29 heavy (non-hydrogen) atoms. The molecule has 12 nitrogen and oxygen atoms in total. The summed E-state index contributed by atoms with van der Waals surface area (Å²) in [6.07, 6.45) is -1.77. The third-order valence-electron chi connectivity index (χ3n) is 4.78. The van der Waals surface area contributed by atoms with Crippen molar-refractivity contribution in [1.82, 2.24) is 19.5 Å². The SMILES string of the molecule is O=[N+]([O-])c1ccccc1CNc1ncnc2c1ncn2[C@@H]1O[C@H](CO)[C@@H](O)[C@H]1O. The van der Waals surface area contributed by atoms with Gasteiger partial charge in [0.1, 0.15) is 24.6 Å². The molecule has 4 rings (SSSR count). The van der Waals surface area contributed by atoms with Gasteiger partial charge >= 0.3 is 0 Å². The lowest BCUT2D eigenvalue weighted by Crippen LogP contribution is -2.33. The Morgan fingerprint density at radius 2 is 2.00 bits per heavy atom. The second-order valence-electron chi connectivity index (χ2n) is 6.51. The first-order chi connectivity index (χ1) is 14.0. The lowest BCUT2D eigenvalue weighted by atomic mass is 10.1. The Labute approximate surface area is 163 Å². The van der Waals surface area contributed by atoms with Crippen molar-refractivity contribution in [2.24, 2.45) is 0 Å². The Morgan fingerprint density at radius 1 is 1.21 bits per heavy atom. The highest BCUT2D eigenvalue weighted by Crippen LogP contribution is 2.32. The molecule has 4 N–H and O–H groups in total. The summed E-state index contributed by atoms with van der Waals surface area (Å²) >= 11 is 0. The van der Waals surface area contributed by atoms with Gasteiger partial charge in [0.25, 0.3) is 5.69 Å². The molecule has 1 aliphatic rings. The number of nitro groups is 1. The molecule has 12 heteroatoms. The summed E-state index contributed by atoms with van der Waals surface area (Å²) in [6, 6.07) is 6.35. The summed E-state index contributed by atoms with van der Waals surface area (Å²) in [7, 11) is 0. The van der Waals surface area contributed by atoms with Gasteiger partial charge in [-0.15, -0.1) is 0 Å². The molecule has 0 radical (unpaired) electrons. The van der Waals surface area contributed by atoms with E-state index in [2.05, 4.69) is 20.3 Å². The maximum atomic E-state index is 11.2. The molecule has 152 valence electrons. The third kappa shape index (κ3) is 3.38. The van der Waals surface area contributed by atoms with Crippen molar-refractivity contribution in [3.05, 3.63) is 52.6 Å². The monoisotopic (exact) mass is 402 g/mol. The van der Waals surface area contributed by atoms with Gasteiger partial charge in [-0.05, 0) is 0 Å². The summed E-state index contributed by atoms with van der Waals surface area (Å²) in [5, 5.41) is 43.6. The highest BCUT2D eigenvalue weighted by Gasteiger charge is 2.44. The molecule has 1 aliphatic heterocycles. The quantitative estimate of drug-likeness (QED) is 0.324. The van der Waals surface area contributed by atoms with Gasteiger partial charge in [0, 0.05) is 18.2 Å². The van der Waals surface area contributed by atoms with Crippen LogP contribution in [-0.4, -0.2) is 64.7 Å². The van der Waals surface area contributed by atoms with E-state index in [0.717, 1.165) is 0 Å². The molecule has 1 saturated heterocycles. The Balaban J connectivity index is 1.61. The summed E-state index contributed by atoms with van der Waals surface area (Å²) in [6.45, 7) is -0.303. The van der Waals surface area contributed by atoms with Gasteiger partial charge in [0.2, 0.25) is 0 Å². The smallest absolute Gasteiger partial charge is 0.274 e. The number of ether oxygens (including phenoxy) is 1. The highest BCUT2D eigenvalue weighted by molar-refractivity contribution is 5.82. The summed E-state index contributed by atoms with van der Waals surface area (Å²) in [5.41, 5.74) is 1.17. The maximum absolute atomic E-state index is 11.2. The van der Waals surface area contributed by atoms with Crippen LogP contribution in [0.2, 0.25) is 0 Å². The van der Waals surface area contributed by atoms with Crippen LogP contribution in [0.5, 0.6) is 0 Å². The number of nitrogens with one attached hydrogen (secondary N) is 1. The summed E-state index contributed by atoms with van der Waals surface area (Å²) in [4.78, 5) is 23.3. The predicted molar refractivity (Wildman–Crippen MR) is 98.8 cm³/mol. The molecule has 0 spiro atoms. The number of rotatable bonds is 6. The molecular weight excluding hydrogens is 384 g/mol. The number of hydrogen-bond acceptors (Lipinski definition) is 10. The molecule has 1 aromatic carbocycles. The number of aliphatic hydroxyl groups is 3. The van der Waals surface area contributed by atoms with Crippen LogP contribution in [0.4, 0.5) is 11.5 Å². The van der Waals surface area contributed by atoms with Gasteiger partial charge in [-0.25, -0.2) is 15.0 Å². The van der Waals surface area contributed by atoms with Crippen molar-refractivity contribution < 1.29 is 25.0 Å². The highest BCUT2D eigenvalue weighted by atomic mass is 16.6. The van der Waals surface area contributed by atoms with E-state index in [1.165, 1.54) is 23.3 Å². The number of para-hydroxylation sites is 1. The Bertz CT molecular complexity index is 1040. The molecule has 1 fully saturated rings. The lowest BCUT2D eigenvalue weighted by molar-refractivity contribution is -0.385. The number of imidazole rings is 1. The number of aliphatic hydroxyl groups excluding tert-OH is 3. The van der Waals surface area contributed by atoms with Crippen LogP contribution in [0, 0.1) is 10.1 Å². The summed E-state index contributed by atoms with van der Waals surface area (Å²) in [5.74, 6) is 0.346. The number of nitrogens with zero attached hydrogens (tertiary/aromatic N) is 5. The number of anilines is 1. The topological polar surface area (TPSA) is 169 Å². The van der Waals surface area contributed by atoms with E-state index in [-0.39, 0.29) is 12.2 Å². The van der Waals surface area contributed by atoms with Crippen molar-refractivity contribution in [1.29, 1.82) is 0 Å². The van der Waals surface area contributed by atoms with E-state index in [1.54, 1.807) is 18.2 Å². The van der Waals surface area contributed by atoms with E-state index < -0.39 is 36.1 Å². The molecule has 2 aromatic heterocycles. The van der Waals surface area contributed by atoms with Crippen molar-refractivity contribution >= 4 is 22.7 Å². The van der Waals surface area contributed by atoms with Gasteiger partial charge in [-0.3, -0.25) is 14.7 Å². The van der Waals surface area contributed by atoms with Gasteiger partial charge in [0.15, 0.2) is 23.2 Å². The lowest BCUT2D eigenvalue weighted by Gasteiger charge is -2.16. The van der Waals surface area contributed by atoms with Crippen LogP contribution in [0.25, 0.3) is 11.2 Å². The van der Waals surface area contributed by atoms with E-state index in [9.17, 15) is 25.4 Å². The van der Waals surface area contributed by atoms with Gasteiger partial charge in [-0.1, -0.05) is 18.2 Å². The first kappa shape index (κ1) is 19.1. The molecule has 0 saturated carbocycles. The Morgan fingerprint density at radius 3 is 2.72 bits per heavy atom. The van der Waals surface area contributed by atoms with Crippen LogP contribution in [0.1, 0.15) is 11.8 Å². The molecule has 3 aromatic rings. The molecule has 0 unspecified atom stereocenters. The van der Waals surface area contributed by atoms with Crippen LogP contribution >= 0.6 is 0 Å². The van der Waals surface area contributed by atoms with E-state index in [4.69, 9.17) is 4.74 Å². The largest absolute Gasteiger partial charge is 0.394 e. The minimum atomic E-state index is -1.28. The molecular formula is C17H18N6O6. The van der Waals surface area contributed by atoms with E-state index in [1.807, 2.05) is 0 Å². The van der Waals surface area contributed by atoms with Gasteiger partial charge < -0.3 is 25.4 Å². The second kappa shape index (κ2) is 7.67. The summed E-state index contributed by atoms with van der Waals surface area (Å²) < 4.78 is 6.96. The van der Waals surface area contributed by atoms with Crippen molar-refractivity contribution in [3.63, 3.8) is 0 Å². The zero-order chi connectivity index (χ0) is 20.5. The fraction of sp³-hybridized carbons (Fsp3) is 0.353. The molecule has 0 bridgehead atoms. The number of fused-ring (bicyclic) bond motifs is 1. The minimum absolute atomic E-state index is 0.0117. The number of nitro benzene ring substituents is 1. The van der Waals surface area contributed by atoms with Gasteiger partial charge in [-0.2, -0.15) is 0 Å². The van der Waals surface area contributed by atoms with Crippen molar-refractivity contribution in [3.8, 4) is 0 Å². The van der Waals surface area contributed by atoms with E-state index in [0.29, 0.717) is 22.5 Å². The van der Waals surface area contributed by atoms with Crippen LogP contribution in [0.3, 0.4) is 0 Å². The maximum Gasteiger partial charge on any atom is 0.274 e. The Kier molecular flexibility index (Phi) is 5.07. The van der Waals surface area contributed by atoms with Crippen molar-refractivity contribution in [2.75, 3.05) is 11.9 Å². The fourth-order valence-corrected chi connectivity index (χ4v) is 3.29. The predicted octanol–water partition coefficient (Wildman–Crippen LogP) is -0.0419. The number of hydrogen-bond donors (Lipinski definition) is 4. The zero-order valence-electron chi connectivity index (χ0n) is 15.0. The number of benzene rings is 1. The standard InChI is InChI=1S/C17H18N6O6/c24-6-11-13(25)14(26)17(29-11)22-8-21-12-15(19-7-20-16(12)22)18-5-9-3-1-2-4-10(9)23(27)28/h1-4,7-8,11,13-14,17,24-26H,5-6H2,(H,18,19,20)/t11-,13-,14-,17-/m1/s1.